The highest BCUT2D eigenvalue weighted by Gasteiger charge is 2.32. The molecular formula is C18H22N4O4S. The Morgan fingerprint density at radius 2 is 2.00 bits per heavy atom. The first-order valence-electron chi connectivity index (χ1n) is 8.59. The molecule has 1 aliphatic rings. The van der Waals surface area contributed by atoms with Gasteiger partial charge in [-0.05, 0) is 36.8 Å². The van der Waals surface area contributed by atoms with Crippen molar-refractivity contribution in [3.63, 3.8) is 0 Å². The molecular weight excluding hydrogens is 368 g/mol. The fourth-order valence-electron chi connectivity index (χ4n) is 3.12. The summed E-state index contributed by atoms with van der Waals surface area (Å²) >= 11 is 0. The van der Waals surface area contributed by atoms with E-state index in [1.54, 1.807) is 35.9 Å². The van der Waals surface area contributed by atoms with Crippen LogP contribution in [0.2, 0.25) is 0 Å². The van der Waals surface area contributed by atoms with E-state index in [1.165, 1.54) is 10.5 Å². The van der Waals surface area contributed by atoms with Crippen LogP contribution in [0.25, 0.3) is 0 Å². The van der Waals surface area contributed by atoms with E-state index in [-0.39, 0.29) is 10.9 Å². The summed E-state index contributed by atoms with van der Waals surface area (Å²) in [5.74, 6) is -0.552. The molecule has 1 aliphatic heterocycles. The van der Waals surface area contributed by atoms with Crippen molar-refractivity contribution < 1.29 is 18.4 Å². The summed E-state index contributed by atoms with van der Waals surface area (Å²) in [7, 11) is -3.53. The Bertz CT molecular complexity index is 887. The molecule has 8 nitrogen and oxygen atoms in total. The van der Waals surface area contributed by atoms with E-state index in [9.17, 15) is 13.2 Å². The lowest BCUT2D eigenvalue weighted by Crippen LogP contribution is -2.53. The van der Waals surface area contributed by atoms with Gasteiger partial charge in [0.25, 0.3) is 5.91 Å². The molecule has 2 heterocycles. The van der Waals surface area contributed by atoms with Crippen molar-refractivity contribution in [2.24, 2.45) is 0 Å². The van der Waals surface area contributed by atoms with Gasteiger partial charge in [0.05, 0.1) is 0 Å². The third-order valence-electron chi connectivity index (χ3n) is 4.70. The molecule has 0 unspecified atom stereocenters. The maximum atomic E-state index is 12.7. The molecule has 27 heavy (non-hydrogen) atoms. The zero-order chi connectivity index (χ0) is 19.4. The Balaban J connectivity index is 1.64. The lowest BCUT2D eigenvalue weighted by atomic mass is 10.1. The van der Waals surface area contributed by atoms with Crippen molar-refractivity contribution in [2.45, 2.75) is 24.4 Å². The summed E-state index contributed by atoms with van der Waals surface area (Å²) < 4.78 is 27.0. The molecule has 0 aliphatic carbocycles. The highest BCUT2D eigenvalue weighted by atomic mass is 32.2. The van der Waals surface area contributed by atoms with Gasteiger partial charge in [-0.1, -0.05) is 12.1 Å². The summed E-state index contributed by atoms with van der Waals surface area (Å²) in [5.41, 5.74) is 3.00. The lowest BCUT2D eigenvalue weighted by Gasteiger charge is -2.39. The topological polar surface area (TPSA) is 103 Å². The number of pyridine rings is 1. The van der Waals surface area contributed by atoms with E-state index in [0.29, 0.717) is 31.7 Å². The molecule has 2 N–H and O–H groups in total. The first kappa shape index (κ1) is 19.4. The summed E-state index contributed by atoms with van der Waals surface area (Å²) in [5, 5.41) is 8.66. The van der Waals surface area contributed by atoms with Crippen LogP contribution < -0.4 is 5.48 Å². The molecule has 144 valence electrons. The van der Waals surface area contributed by atoms with Crippen molar-refractivity contribution in [3.05, 3.63) is 59.9 Å². The fourth-order valence-corrected chi connectivity index (χ4v) is 4.60. The van der Waals surface area contributed by atoms with E-state index in [4.69, 9.17) is 5.21 Å². The number of aromatic nitrogens is 1. The summed E-state index contributed by atoms with van der Waals surface area (Å²) in [6.45, 7) is 4.08. The zero-order valence-corrected chi connectivity index (χ0v) is 15.8. The van der Waals surface area contributed by atoms with E-state index in [1.807, 2.05) is 19.1 Å². The third-order valence-corrected chi connectivity index (χ3v) is 6.55. The normalized spacial score (nSPS) is 19.0. The molecule has 2 aromatic rings. The van der Waals surface area contributed by atoms with Crippen LogP contribution in [-0.2, 0) is 16.6 Å². The second-order valence-corrected chi connectivity index (χ2v) is 8.45. The van der Waals surface area contributed by atoms with Gasteiger partial charge in [-0.25, -0.2) is 13.9 Å². The van der Waals surface area contributed by atoms with E-state index in [2.05, 4.69) is 9.88 Å². The molecule has 1 amide bonds. The van der Waals surface area contributed by atoms with Crippen molar-refractivity contribution in [3.8, 4) is 0 Å². The smallest absolute Gasteiger partial charge is 0.274 e. The van der Waals surface area contributed by atoms with Gasteiger partial charge in [0.15, 0.2) is 0 Å². The number of benzene rings is 1. The standard InChI is InChI=1S/C18H22N4O4S/c1-14-12-22(27(25,26)17-3-2-8-19-11-17)10-9-21(14)13-15-4-6-16(7-5-15)18(23)20-24/h2-8,11,14,24H,9-10,12-13H2,1H3,(H,20,23)/t14-/m0/s1. The molecule has 1 fully saturated rings. The molecule has 0 bridgehead atoms. The predicted octanol–water partition coefficient (Wildman–Crippen LogP) is 1.10. The summed E-state index contributed by atoms with van der Waals surface area (Å²) in [6.07, 6.45) is 2.92. The van der Waals surface area contributed by atoms with Crippen molar-refractivity contribution in [1.82, 2.24) is 19.7 Å². The summed E-state index contributed by atoms with van der Waals surface area (Å²) in [6, 6.07) is 10.2. The first-order chi connectivity index (χ1) is 12.9. The average molecular weight is 390 g/mol. The number of nitrogens with zero attached hydrogens (tertiary/aromatic N) is 3. The number of hydrogen-bond acceptors (Lipinski definition) is 6. The molecule has 0 saturated carbocycles. The van der Waals surface area contributed by atoms with Gasteiger partial charge in [-0.3, -0.25) is 19.9 Å². The number of hydroxylamine groups is 1. The highest BCUT2D eigenvalue weighted by molar-refractivity contribution is 7.89. The zero-order valence-electron chi connectivity index (χ0n) is 14.9. The molecule has 0 spiro atoms. The largest absolute Gasteiger partial charge is 0.294 e. The van der Waals surface area contributed by atoms with Gasteiger partial charge in [-0.15, -0.1) is 0 Å². The minimum atomic E-state index is -3.53. The van der Waals surface area contributed by atoms with Crippen LogP contribution in [0.15, 0.2) is 53.7 Å². The minimum absolute atomic E-state index is 0.0469. The van der Waals surface area contributed by atoms with Crippen LogP contribution in [0.5, 0.6) is 0 Å². The molecule has 1 atom stereocenters. The summed E-state index contributed by atoms with van der Waals surface area (Å²) in [4.78, 5) is 17.7. The third kappa shape index (κ3) is 4.33. The van der Waals surface area contributed by atoms with Crippen molar-refractivity contribution in [2.75, 3.05) is 19.6 Å². The number of sulfonamides is 1. The molecule has 0 radical (unpaired) electrons. The molecule has 1 aromatic heterocycles. The Morgan fingerprint density at radius 3 is 2.59 bits per heavy atom. The number of hydrogen-bond donors (Lipinski definition) is 2. The number of amides is 1. The van der Waals surface area contributed by atoms with Gasteiger partial charge in [-0.2, -0.15) is 4.31 Å². The van der Waals surface area contributed by atoms with Crippen LogP contribution in [-0.4, -0.2) is 59.4 Å². The quantitative estimate of drug-likeness (QED) is 0.585. The van der Waals surface area contributed by atoms with Crippen molar-refractivity contribution in [1.29, 1.82) is 0 Å². The number of rotatable bonds is 5. The number of carbonyl (C=O) groups is 1. The molecule has 9 heteroatoms. The van der Waals surface area contributed by atoms with Gasteiger partial charge in [0.1, 0.15) is 4.90 Å². The van der Waals surface area contributed by atoms with Gasteiger partial charge < -0.3 is 0 Å². The maximum Gasteiger partial charge on any atom is 0.274 e. The average Bonchev–Trinajstić information content (AvgIpc) is 2.70. The van der Waals surface area contributed by atoms with Crippen LogP contribution in [0.1, 0.15) is 22.8 Å². The second kappa shape index (κ2) is 8.13. The first-order valence-corrected chi connectivity index (χ1v) is 10.0. The Hall–Kier alpha value is -2.33. The van der Waals surface area contributed by atoms with Crippen LogP contribution in [0.3, 0.4) is 0 Å². The van der Waals surface area contributed by atoms with Gasteiger partial charge in [0, 0.05) is 50.2 Å². The maximum absolute atomic E-state index is 12.7. The Morgan fingerprint density at radius 1 is 1.26 bits per heavy atom. The monoisotopic (exact) mass is 390 g/mol. The predicted molar refractivity (Wildman–Crippen MR) is 98.6 cm³/mol. The minimum Gasteiger partial charge on any atom is -0.294 e. The fraction of sp³-hybridized carbons (Fsp3) is 0.333. The van der Waals surface area contributed by atoms with Crippen molar-refractivity contribution >= 4 is 15.9 Å². The van der Waals surface area contributed by atoms with E-state index < -0.39 is 15.9 Å². The number of nitrogens with one attached hydrogen (secondary N) is 1. The number of piperazine rings is 1. The molecule has 3 rings (SSSR count). The highest BCUT2D eigenvalue weighted by Crippen LogP contribution is 2.21. The lowest BCUT2D eigenvalue weighted by molar-refractivity contribution is 0.0706. The van der Waals surface area contributed by atoms with Crippen LogP contribution >= 0.6 is 0 Å². The van der Waals surface area contributed by atoms with Crippen LogP contribution in [0, 0.1) is 0 Å². The van der Waals surface area contributed by atoms with Gasteiger partial charge in [0.2, 0.25) is 10.0 Å². The molecule has 1 saturated heterocycles. The molecule has 1 aromatic carbocycles. The Kier molecular flexibility index (Phi) is 5.85. The Labute approximate surface area is 158 Å². The second-order valence-electron chi connectivity index (χ2n) is 6.51. The van der Waals surface area contributed by atoms with E-state index in [0.717, 1.165) is 5.56 Å². The SMILES string of the molecule is C[C@H]1CN(S(=O)(=O)c2cccnc2)CCN1Cc1ccc(C(=O)NO)cc1. The van der Waals surface area contributed by atoms with Gasteiger partial charge >= 0.3 is 0 Å². The number of carbonyl (C=O) groups excluding carboxylic acids is 1. The van der Waals surface area contributed by atoms with E-state index >= 15 is 0 Å². The van der Waals surface area contributed by atoms with Crippen LogP contribution in [0.4, 0.5) is 0 Å².